The zero-order chi connectivity index (χ0) is 42.9. The van der Waals surface area contributed by atoms with Crippen LogP contribution in [0.15, 0.2) is 30.3 Å². The average molecular weight is 1130 g/mol. The molecule has 16 heteroatoms. The first-order chi connectivity index (χ1) is 26.7. The van der Waals surface area contributed by atoms with Gasteiger partial charge in [0.2, 0.25) is 17.7 Å². The molecule has 5 N–H and O–H groups in total. The molecule has 57 heavy (non-hydrogen) atoms. The number of halogens is 3. The summed E-state index contributed by atoms with van der Waals surface area (Å²) in [5, 5.41) is 19.8. The molecule has 2 aromatic carbocycles. The van der Waals surface area contributed by atoms with Gasteiger partial charge in [0.05, 0.1) is 32.2 Å². The Balaban J connectivity index is 2.23. The molecule has 0 saturated carbocycles. The Kier molecular flexibility index (Phi) is 22.1. The number of esters is 1. The third-order valence-corrected chi connectivity index (χ3v) is 11.4. The second-order valence-electron chi connectivity index (χ2n) is 15.3. The van der Waals surface area contributed by atoms with Gasteiger partial charge in [0.1, 0.15) is 23.4 Å². The normalized spacial score (nSPS) is 12.9. The van der Waals surface area contributed by atoms with Crippen LogP contribution in [-0.4, -0.2) is 78.6 Å². The Morgan fingerprint density at radius 1 is 0.789 bits per heavy atom. The number of rotatable bonds is 23. The third kappa shape index (κ3) is 18.4. The summed E-state index contributed by atoms with van der Waals surface area (Å²) < 4.78 is 13.0. The SMILES string of the molecule is COc1c(I)cc(I)c(C(=O)N[C@@H](CC(=O)N[C@H](CNC(=O)[C@@H](C)c2ccc(CC(C)C)cc2)C(=O)NCCCCCCCCC(=O)O)C(=O)OC(C)(C)C)c1I. The van der Waals surface area contributed by atoms with E-state index in [1.165, 1.54) is 12.7 Å². The highest BCUT2D eigenvalue weighted by Crippen LogP contribution is 2.33. The molecular weight excluding hydrogens is 1070 g/mol. The van der Waals surface area contributed by atoms with Gasteiger partial charge in [-0.25, -0.2) is 4.79 Å². The van der Waals surface area contributed by atoms with Gasteiger partial charge in [-0.2, -0.15) is 0 Å². The molecule has 316 valence electrons. The second-order valence-corrected chi connectivity index (χ2v) is 18.7. The minimum Gasteiger partial charge on any atom is -0.495 e. The summed E-state index contributed by atoms with van der Waals surface area (Å²) in [6, 6.07) is 7.00. The molecular formula is C41H57I3N4O9. The number of hydrogen-bond acceptors (Lipinski definition) is 8. The highest BCUT2D eigenvalue weighted by Gasteiger charge is 2.33. The maximum atomic E-state index is 13.7. The van der Waals surface area contributed by atoms with Gasteiger partial charge in [-0.15, -0.1) is 0 Å². The van der Waals surface area contributed by atoms with E-state index in [1.54, 1.807) is 33.8 Å². The number of methoxy groups -OCH3 is 1. The standard InChI is InChI=1S/C41H57I3N4O9/c1-24(2)20-26-15-17-27(18-16-26)25(3)37(52)46-23-31(38(53)45-19-13-11-9-8-10-12-14-33(50)51)47-32(49)22-30(40(55)57-41(4,5)6)48-39(54)34-28(42)21-29(43)36(56-7)35(34)44/h15-18,21,24-25,30-31H,8-14,19-20,22-23H2,1-7H3,(H,45,53)(H,46,52)(H,47,49)(H,48,54)(H,50,51)/t25-,30-,31+/m0/s1. The van der Waals surface area contributed by atoms with Crippen molar-refractivity contribution in [3.63, 3.8) is 0 Å². The number of carbonyl (C=O) groups is 6. The summed E-state index contributed by atoms with van der Waals surface area (Å²) in [6.45, 7) is 11.2. The molecule has 2 rings (SSSR count). The van der Waals surface area contributed by atoms with E-state index < -0.39 is 59.7 Å². The molecule has 0 spiro atoms. The van der Waals surface area contributed by atoms with Crippen LogP contribution >= 0.6 is 67.8 Å². The van der Waals surface area contributed by atoms with Crippen LogP contribution in [0.5, 0.6) is 5.75 Å². The van der Waals surface area contributed by atoms with Crippen LogP contribution in [-0.2, 0) is 35.1 Å². The minimum atomic E-state index is -1.42. The lowest BCUT2D eigenvalue weighted by Crippen LogP contribution is -2.54. The van der Waals surface area contributed by atoms with Crippen molar-refractivity contribution in [3.05, 3.63) is 57.7 Å². The van der Waals surface area contributed by atoms with Crippen molar-refractivity contribution in [1.82, 2.24) is 21.3 Å². The molecule has 3 atom stereocenters. The van der Waals surface area contributed by atoms with Crippen molar-refractivity contribution in [2.24, 2.45) is 5.92 Å². The summed E-state index contributed by atoms with van der Waals surface area (Å²) >= 11 is 6.14. The molecule has 4 amide bonds. The number of aliphatic carboxylic acids is 1. The first-order valence-electron chi connectivity index (χ1n) is 19.1. The monoisotopic (exact) mass is 1130 g/mol. The van der Waals surface area contributed by atoms with Crippen LogP contribution in [0.3, 0.4) is 0 Å². The predicted octanol–water partition coefficient (Wildman–Crippen LogP) is 6.87. The van der Waals surface area contributed by atoms with Gasteiger partial charge in [-0.1, -0.05) is 63.8 Å². The molecule has 0 aliphatic heterocycles. The topological polar surface area (TPSA) is 189 Å². The number of carboxylic acids is 1. The predicted molar refractivity (Wildman–Crippen MR) is 244 cm³/mol. The van der Waals surface area contributed by atoms with Crippen molar-refractivity contribution >= 4 is 103 Å². The first-order valence-corrected chi connectivity index (χ1v) is 22.4. The molecule has 0 aromatic heterocycles. The highest BCUT2D eigenvalue weighted by molar-refractivity contribution is 14.1. The fourth-order valence-corrected chi connectivity index (χ4v) is 10.1. The molecule has 0 radical (unpaired) electrons. The third-order valence-electron chi connectivity index (χ3n) is 8.71. The van der Waals surface area contributed by atoms with Crippen molar-refractivity contribution in [2.75, 3.05) is 20.2 Å². The zero-order valence-corrected chi connectivity index (χ0v) is 40.3. The van der Waals surface area contributed by atoms with E-state index in [0.717, 1.165) is 41.2 Å². The fraction of sp³-hybridized carbons (Fsp3) is 0.561. The van der Waals surface area contributed by atoms with Crippen LogP contribution in [0.25, 0.3) is 0 Å². The van der Waals surface area contributed by atoms with Gasteiger partial charge in [0.25, 0.3) is 5.91 Å². The average Bonchev–Trinajstić information content (AvgIpc) is 3.11. The lowest BCUT2D eigenvalue weighted by Gasteiger charge is -2.26. The zero-order valence-electron chi connectivity index (χ0n) is 33.8. The first kappa shape index (κ1) is 50.4. The van der Waals surface area contributed by atoms with Crippen LogP contribution < -0.4 is 26.0 Å². The summed E-state index contributed by atoms with van der Waals surface area (Å²) in [5.41, 5.74) is 1.31. The van der Waals surface area contributed by atoms with E-state index in [9.17, 15) is 28.8 Å². The van der Waals surface area contributed by atoms with Crippen molar-refractivity contribution in [3.8, 4) is 5.75 Å². The van der Waals surface area contributed by atoms with Gasteiger partial charge < -0.3 is 35.8 Å². The largest absolute Gasteiger partial charge is 0.495 e. The van der Waals surface area contributed by atoms with Crippen LogP contribution in [0.2, 0.25) is 0 Å². The Labute approximate surface area is 377 Å². The molecule has 0 aliphatic rings. The molecule has 0 heterocycles. The summed E-state index contributed by atoms with van der Waals surface area (Å²) in [7, 11) is 1.50. The van der Waals surface area contributed by atoms with Crippen molar-refractivity contribution < 1.29 is 43.3 Å². The highest BCUT2D eigenvalue weighted by atomic mass is 127. The van der Waals surface area contributed by atoms with Gasteiger partial charge in [0.15, 0.2) is 0 Å². The Hall–Kier alpha value is -2.75. The van der Waals surface area contributed by atoms with Gasteiger partial charge >= 0.3 is 11.9 Å². The lowest BCUT2D eigenvalue weighted by atomic mass is 9.96. The Morgan fingerprint density at radius 3 is 1.98 bits per heavy atom. The van der Waals surface area contributed by atoms with E-state index in [-0.39, 0.29) is 24.4 Å². The Bertz CT molecular complexity index is 1700. The maximum absolute atomic E-state index is 13.7. The number of unbranched alkanes of at least 4 members (excludes halogenated alkanes) is 5. The minimum absolute atomic E-state index is 0.147. The summed E-state index contributed by atoms with van der Waals surface area (Å²) in [6.07, 6.45) is 5.20. The van der Waals surface area contributed by atoms with E-state index in [2.05, 4.69) is 57.7 Å². The number of carbonyl (C=O) groups excluding carboxylic acids is 5. The van der Waals surface area contributed by atoms with E-state index in [4.69, 9.17) is 14.6 Å². The van der Waals surface area contributed by atoms with E-state index in [0.29, 0.717) is 38.2 Å². The molecule has 13 nitrogen and oxygen atoms in total. The number of nitrogens with one attached hydrogen (secondary N) is 4. The van der Waals surface area contributed by atoms with Gasteiger partial charge in [-0.3, -0.25) is 24.0 Å². The number of benzene rings is 2. The van der Waals surface area contributed by atoms with Crippen LogP contribution in [0.1, 0.15) is 120 Å². The number of ether oxygens (including phenoxy) is 2. The molecule has 0 saturated heterocycles. The van der Waals surface area contributed by atoms with Crippen molar-refractivity contribution in [1.29, 1.82) is 0 Å². The lowest BCUT2D eigenvalue weighted by molar-refractivity contribution is -0.158. The van der Waals surface area contributed by atoms with Gasteiger partial charge in [-0.05, 0) is 138 Å². The second kappa shape index (κ2) is 25.0. The quantitative estimate of drug-likeness (QED) is 0.0450. The van der Waals surface area contributed by atoms with Crippen LogP contribution in [0, 0.1) is 16.6 Å². The number of hydrogen-bond donors (Lipinski definition) is 5. The number of amides is 4. The van der Waals surface area contributed by atoms with E-state index >= 15 is 0 Å². The number of carboxylic acid groups (broad SMARTS) is 1. The smallest absolute Gasteiger partial charge is 0.329 e. The molecule has 0 aliphatic carbocycles. The Morgan fingerprint density at radius 2 is 1.40 bits per heavy atom. The summed E-state index contributed by atoms with van der Waals surface area (Å²) in [4.78, 5) is 78.4. The summed E-state index contributed by atoms with van der Waals surface area (Å²) in [5.74, 6) is -3.38. The van der Waals surface area contributed by atoms with Crippen molar-refractivity contribution in [2.45, 2.75) is 123 Å². The van der Waals surface area contributed by atoms with Crippen LogP contribution in [0.4, 0.5) is 0 Å². The molecule has 0 fully saturated rings. The molecule has 2 aromatic rings. The van der Waals surface area contributed by atoms with Gasteiger partial charge in [0, 0.05) is 23.1 Å². The maximum Gasteiger partial charge on any atom is 0.329 e. The molecule has 0 unspecified atom stereocenters. The fourth-order valence-electron chi connectivity index (χ4n) is 5.78. The van der Waals surface area contributed by atoms with E-state index in [1.807, 2.05) is 69.4 Å². The molecule has 0 bridgehead atoms.